The second-order valence-electron chi connectivity index (χ2n) is 8.15. The van der Waals surface area contributed by atoms with Gasteiger partial charge < -0.3 is 26.0 Å². The van der Waals surface area contributed by atoms with Crippen LogP contribution in [0.3, 0.4) is 0 Å². The highest BCUT2D eigenvalue weighted by Crippen LogP contribution is 2.28. The van der Waals surface area contributed by atoms with Crippen LogP contribution in [0.4, 0.5) is 27.9 Å². The summed E-state index contributed by atoms with van der Waals surface area (Å²) in [7, 11) is 0. The third-order valence-electron chi connectivity index (χ3n) is 5.62. The minimum atomic E-state index is -0.915. The normalized spacial score (nSPS) is 13.1. The molecular weight excluding hydrogens is 460 g/mol. The number of nitrogens with one attached hydrogen (secondary N) is 3. The van der Waals surface area contributed by atoms with Gasteiger partial charge >= 0.3 is 6.09 Å². The van der Waals surface area contributed by atoms with Crippen LogP contribution in [0.1, 0.15) is 0 Å². The molecule has 0 bridgehead atoms. The number of carboxylic acid groups (broad SMARTS) is 1. The second kappa shape index (κ2) is 9.66. The van der Waals surface area contributed by atoms with Crippen molar-refractivity contribution in [2.45, 2.75) is 6.04 Å². The van der Waals surface area contributed by atoms with Gasteiger partial charge in [-0.25, -0.2) is 19.7 Å². The van der Waals surface area contributed by atoms with Crippen molar-refractivity contribution < 1.29 is 14.7 Å². The number of aromatic nitrogens is 4. The summed E-state index contributed by atoms with van der Waals surface area (Å²) in [6.07, 6.45) is 5.30. The molecule has 4 N–H and O–H groups in total. The molecule has 0 spiro atoms. The zero-order chi connectivity index (χ0) is 25.1. The van der Waals surface area contributed by atoms with E-state index in [0.717, 1.165) is 10.9 Å². The molecule has 180 valence electrons. The van der Waals surface area contributed by atoms with E-state index in [0.29, 0.717) is 47.4 Å². The van der Waals surface area contributed by atoms with E-state index in [2.05, 4.69) is 37.5 Å². The number of benzene rings is 1. The number of nitrogens with zero attached hydrogens (tertiary/aromatic N) is 5. The number of anilines is 4. The summed E-state index contributed by atoms with van der Waals surface area (Å²) in [5, 5.41) is 18.9. The predicted molar refractivity (Wildman–Crippen MR) is 136 cm³/mol. The largest absolute Gasteiger partial charge is 0.465 e. The van der Waals surface area contributed by atoms with Crippen molar-refractivity contribution in [1.29, 1.82) is 0 Å². The highest BCUT2D eigenvalue weighted by Gasteiger charge is 2.30. The van der Waals surface area contributed by atoms with Gasteiger partial charge in [-0.05, 0) is 30.3 Å². The number of rotatable bonds is 7. The molecule has 1 fully saturated rings. The highest BCUT2D eigenvalue weighted by molar-refractivity contribution is 5.99. The summed E-state index contributed by atoms with van der Waals surface area (Å²) in [5.74, 6) is 0.750. The highest BCUT2D eigenvalue weighted by atomic mass is 16.4. The van der Waals surface area contributed by atoms with Crippen LogP contribution in [0.15, 0.2) is 73.7 Å². The van der Waals surface area contributed by atoms with Gasteiger partial charge in [-0.2, -0.15) is 0 Å². The maximum atomic E-state index is 11.7. The second-order valence-corrected chi connectivity index (χ2v) is 8.15. The zero-order valence-corrected chi connectivity index (χ0v) is 19.0. The third kappa shape index (κ3) is 4.89. The molecule has 5 rings (SSSR count). The van der Waals surface area contributed by atoms with Gasteiger partial charge in [0.15, 0.2) is 0 Å². The Hall–Kier alpha value is -5.06. The van der Waals surface area contributed by atoms with Gasteiger partial charge in [0.1, 0.15) is 5.82 Å². The van der Waals surface area contributed by atoms with E-state index in [1.54, 1.807) is 30.7 Å². The lowest BCUT2D eigenvalue weighted by atomic mass is 10.1. The minimum absolute atomic E-state index is 0.0480. The van der Waals surface area contributed by atoms with Crippen LogP contribution < -0.4 is 16.0 Å². The van der Waals surface area contributed by atoms with Crippen molar-refractivity contribution in [2.75, 3.05) is 29.0 Å². The van der Waals surface area contributed by atoms with Crippen LogP contribution in [-0.4, -0.2) is 61.1 Å². The fourth-order valence-electron chi connectivity index (χ4n) is 3.79. The van der Waals surface area contributed by atoms with E-state index in [-0.39, 0.29) is 11.9 Å². The molecule has 1 aliphatic heterocycles. The fraction of sp³-hybridized carbons (Fsp3) is 0.120. The average molecular weight is 483 g/mol. The van der Waals surface area contributed by atoms with Crippen molar-refractivity contribution in [3.8, 4) is 11.3 Å². The standard InChI is InChI=1S/C25H22N8O3/c1-2-22(34)30-16-8-9-26-20(10-16)19-5-3-4-15-11-28-24(32-23(15)19)31-17-6-7-21(27-12-17)29-18-13-33(14-18)25(35)36/h2-12,18H,1,13-14H2,(H,27,29)(H,35,36)(H,26,30,34)(H,28,31,32). The first-order chi connectivity index (χ1) is 17.5. The maximum absolute atomic E-state index is 11.7. The Morgan fingerprint density at radius 3 is 2.67 bits per heavy atom. The van der Waals surface area contributed by atoms with Crippen LogP contribution in [0, 0.1) is 0 Å². The van der Waals surface area contributed by atoms with Crippen molar-refractivity contribution in [3.05, 3.63) is 73.7 Å². The van der Waals surface area contributed by atoms with Crippen molar-refractivity contribution in [3.63, 3.8) is 0 Å². The minimum Gasteiger partial charge on any atom is -0.465 e. The molecule has 3 aromatic heterocycles. The molecular formula is C25H22N8O3. The molecule has 4 heterocycles. The van der Waals surface area contributed by atoms with E-state index in [4.69, 9.17) is 10.1 Å². The van der Waals surface area contributed by atoms with Gasteiger partial charge in [-0.1, -0.05) is 24.8 Å². The lowest BCUT2D eigenvalue weighted by Crippen LogP contribution is -2.56. The number of hydrogen-bond donors (Lipinski definition) is 4. The molecule has 0 atom stereocenters. The molecule has 1 aromatic carbocycles. The molecule has 1 saturated heterocycles. The summed E-state index contributed by atoms with van der Waals surface area (Å²) in [5.41, 5.74) is 3.45. The zero-order valence-electron chi connectivity index (χ0n) is 19.0. The van der Waals surface area contributed by atoms with Gasteiger partial charge in [0.2, 0.25) is 11.9 Å². The Balaban J connectivity index is 1.33. The van der Waals surface area contributed by atoms with E-state index >= 15 is 0 Å². The number of carbonyl (C=O) groups excluding carboxylic acids is 1. The number of amides is 2. The van der Waals surface area contributed by atoms with Gasteiger partial charge in [-0.3, -0.25) is 9.78 Å². The topological polar surface area (TPSA) is 145 Å². The van der Waals surface area contributed by atoms with Crippen molar-refractivity contribution in [2.24, 2.45) is 0 Å². The van der Waals surface area contributed by atoms with Crippen molar-refractivity contribution >= 4 is 46.0 Å². The van der Waals surface area contributed by atoms with Gasteiger partial charge in [0, 0.05) is 42.1 Å². The lowest BCUT2D eigenvalue weighted by Gasteiger charge is -2.37. The number of likely N-dealkylation sites (tertiary alicyclic amines) is 1. The van der Waals surface area contributed by atoms with Crippen LogP contribution >= 0.6 is 0 Å². The Kier molecular flexibility index (Phi) is 6.10. The Morgan fingerprint density at radius 2 is 1.92 bits per heavy atom. The average Bonchev–Trinajstić information content (AvgIpc) is 2.86. The number of para-hydroxylation sites is 1. The summed E-state index contributed by atoms with van der Waals surface area (Å²) in [6.45, 7) is 4.34. The maximum Gasteiger partial charge on any atom is 0.407 e. The SMILES string of the molecule is C=CC(=O)Nc1ccnc(-c2cccc3cnc(Nc4ccc(NC5CN(C(=O)O)C5)nc4)nc23)c1. The van der Waals surface area contributed by atoms with E-state index in [9.17, 15) is 9.59 Å². The Morgan fingerprint density at radius 1 is 1.06 bits per heavy atom. The number of pyridine rings is 2. The molecule has 1 aliphatic rings. The summed E-state index contributed by atoms with van der Waals surface area (Å²) < 4.78 is 0. The first-order valence-corrected chi connectivity index (χ1v) is 11.1. The van der Waals surface area contributed by atoms with Crippen LogP contribution in [-0.2, 0) is 4.79 Å². The monoisotopic (exact) mass is 482 g/mol. The summed E-state index contributed by atoms with van der Waals surface area (Å²) in [4.78, 5) is 41.9. The van der Waals surface area contributed by atoms with Gasteiger partial charge in [-0.15, -0.1) is 0 Å². The fourth-order valence-corrected chi connectivity index (χ4v) is 3.79. The van der Waals surface area contributed by atoms with Crippen LogP contribution in [0.2, 0.25) is 0 Å². The molecule has 0 unspecified atom stereocenters. The quantitative estimate of drug-likeness (QED) is 0.289. The molecule has 0 radical (unpaired) electrons. The van der Waals surface area contributed by atoms with Crippen LogP contribution in [0.25, 0.3) is 22.2 Å². The summed E-state index contributed by atoms with van der Waals surface area (Å²) in [6, 6.07) is 12.9. The number of carbonyl (C=O) groups is 2. The molecule has 2 amide bonds. The number of fused-ring (bicyclic) bond motifs is 1. The van der Waals surface area contributed by atoms with E-state index in [1.165, 1.54) is 11.0 Å². The van der Waals surface area contributed by atoms with E-state index < -0.39 is 6.09 Å². The van der Waals surface area contributed by atoms with Crippen molar-refractivity contribution in [1.82, 2.24) is 24.8 Å². The molecule has 11 nitrogen and oxygen atoms in total. The predicted octanol–water partition coefficient (Wildman–Crippen LogP) is 3.73. The third-order valence-corrected chi connectivity index (χ3v) is 5.62. The first-order valence-electron chi connectivity index (χ1n) is 11.1. The first kappa shape index (κ1) is 22.7. The Labute approximate surface area is 205 Å². The Bertz CT molecular complexity index is 1450. The van der Waals surface area contributed by atoms with E-state index in [1.807, 2.05) is 30.3 Å². The van der Waals surface area contributed by atoms with Gasteiger partial charge in [0.05, 0.1) is 29.1 Å². The molecule has 11 heteroatoms. The number of hydrogen-bond acceptors (Lipinski definition) is 8. The smallest absolute Gasteiger partial charge is 0.407 e. The van der Waals surface area contributed by atoms with Gasteiger partial charge in [0.25, 0.3) is 0 Å². The molecule has 36 heavy (non-hydrogen) atoms. The molecule has 0 aliphatic carbocycles. The summed E-state index contributed by atoms with van der Waals surface area (Å²) >= 11 is 0. The lowest BCUT2D eigenvalue weighted by molar-refractivity contribution is -0.111. The molecule has 0 saturated carbocycles. The van der Waals surface area contributed by atoms with Crippen LogP contribution in [0.5, 0.6) is 0 Å². The molecule has 4 aromatic rings.